The van der Waals surface area contributed by atoms with Gasteiger partial charge in [0.15, 0.2) is 5.58 Å². The zero-order valence-corrected chi connectivity index (χ0v) is 13.3. The van der Waals surface area contributed by atoms with Crippen LogP contribution in [0.15, 0.2) is 45.6 Å². The summed E-state index contributed by atoms with van der Waals surface area (Å²) in [5.41, 5.74) is 3.84. The van der Waals surface area contributed by atoms with Crippen LogP contribution < -0.4 is 11.1 Å². The Morgan fingerprint density at radius 3 is 2.84 bits per heavy atom. The molecule has 0 spiro atoms. The lowest BCUT2D eigenvalue weighted by Gasteiger charge is -2.06. The van der Waals surface area contributed by atoms with Crippen molar-refractivity contribution in [3.63, 3.8) is 0 Å². The van der Waals surface area contributed by atoms with Crippen molar-refractivity contribution < 1.29 is 13.6 Å². The maximum absolute atomic E-state index is 13.5. The molecule has 7 heteroatoms. The smallest absolute Gasteiger partial charge is 0.408 e. The number of hydrogen-bond acceptors (Lipinski definition) is 3. The minimum absolute atomic E-state index is 0.106. The number of aromatic nitrogens is 2. The van der Waals surface area contributed by atoms with Crippen molar-refractivity contribution in [2.75, 3.05) is 5.32 Å². The van der Waals surface area contributed by atoms with E-state index in [2.05, 4.69) is 15.3 Å². The number of aromatic amines is 2. The summed E-state index contributed by atoms with van der Waals surface area (Å²) >= 11 is 0. The van der Waals surface area contributed by atoms with E-state index in [0.717, 1.165) is 16.8 Å². The number of fused-ring (bicyclic) bond motifs is 2. The highest BCUT2D eigenvalue weighted by molar-refractivity contribution is 5.97. The topological polar surface area (TPSA) is 90.9 Å². The third kappa shape index (κ3) is 2.80. The Hall–Kier alpha value is -3.35. The molecule has 0 saturated carbocycles. The Balaban J connectivity index is 1.60. The SMILES string of the molecule is Cc1[nH]c2ccc(F)cc2c1CC(=O)Nc1ccc2oc(=O)[nH]c2c1. The van der Waals surface area contributed by atoms with Gasteiger partial charge in [-0.05, 0) is 48.9 Å². The predicted octanol–water partition coefficient (Wildman–Crippen LogP) is 3.23. The van der Waals surface area contributed by atoms with E-state index in [4.69, 9.17) is 4.42 Å². The third-order valence-electron chi connectivity index (χ3n) is 4.12. The van der Waals surface area contributed by atoms with Crippen LogP contribution in [0.4, 0.5) is 10.1 Å². The Kier molecular flexibility index (Phi) is 3.42. The van der Waals surface area contributed by atoms with E-state index < -0.39 is 5.76 Å². The Morgan fingerprint density at radius 1 is 1.16 bits per heavy atom. The fourth-order valence-electron chi connectivity index (χ4n) is 2.98. The first-order valence-corrected chi connectivity index (χ1v) is 7.69. The molecule has 2 aromatic carbocycles. The molecule has 6 nitrogen and oxygen atoms in total. The molecule has 4 rings (SSSR count). The van der Waals surface area contributed by atoms with E-state index in [0.29, 0.717) is 22.2 Å². The van der Waals surface area contributed by atoms with Gasteiger partial charge in [-0.2, -0.15) is 0 Å². The Bertz CT molecular complexity index is 1170. The number of H-pyrrole nitrogens is 2. The largest absolute Gasteiger partial charge is 0.417 e. The normalized spacial score (nSPS) is 11.3. The summed E-state index contributed by atoms with van der Waals surface area (Å²) < 4.78 is 18.4. The van der Waals surface area contributed by atoms with E-state index in [-0.39, 0.29) is 18.1 Å². The van der Waals surface area contributed by atoms with Crippen molar-refractivity contribution in [2.24, 2.45) is 0 Å². The molecule has 0 atom stereocenters. The lowest BCUT2D eigenvalue weighted by molar-refractivity contribution is -0.115. The monoisotopic (exact) mass is 339 g/mol. The number of anilines is 1. The molecule has 0 aliphatic carbocycles. The van der Waals surface area contributed by atoms with Crippen molar-refractivity contribution in [3.05, 3.63) is 64.0 Å². The second-order valence-corrected chi connectivity index (χ2v) is 5.87. The highest BCUT2D eigenvalue weighted by Crippen LogP contribution is 2.24. The molecule has 2 aromatic heterocycles. The van der Waals surface area contributed by atoms with Crippen LogP contribution in [0.2, 0.25) is 0 Å². The van der Waals surface area contributed by atoms with Crippen molar-refractivity contribution in [1.82, 2.24) is 9.97 Å². The van der Waals surface area contributed by atoms with E-state index in [1.807, 2.05) is 6.92 Å². The molecular weight excluding hydrogens is 325 g/mol. The number of aryl methyl sites for hydroxylation is 1. The maximum Gasteiger partial charge on any atom is 0.417 e. The molecule has 4 aromatic rings. The summed E-state index contributed by atoms with van der Waals surface area (Å²) in [7, 11) is 0. The molecule has 1 amide bonds. The molecule has 0 bridgehead atoms. The summed E-state index contributed by atoms with van der Waals surface area (Å²) in [6.45, 7) is 1.85. The first-order valence-electron chi connectivity index (χ1n) is 7.69. The zero-order valence-electron chi connectivity index (χ0n) is 13.3. The minimum Gasteiger partial charge on any atom is -0.408 e. The summed E-state index contributed by atoms with van der Waals surface area (Å²) in [6.07, 6.45) is 0.106. The Labute approximate surface area is 140 Å². The van der Waals surface area contributed by atoms with Crippen LogP contribution in [0.1, 0.15) is 11.3 Å². The molecule has 0 aliphatic heterocycles. The van der Waals surface area contributed by atoms with E-state index in [9.17, 15) is 14.0 Å². The molecule has 2 heterocycles. The van der Waals surface area contributed by atoms with Gasteiger partial charge in [-0.15, -0.1) is 0 Å². The number of benzene rings is 2. The molecule has 0 aliphatic rings. The van der Waals surface area contributed by atoms with Gasteiger partial charge in [-0.3, -0.25) is 9.78 Å². The number of carbonyl (C=O) groups is 1. The van der Waals surface area contributed by atoms with Crippen LogP contribution in [0.5, 0.6) is 0 Å². The minimum atomic E-state index is -0.546. The van der Waals surface area contributed by atoms with E-state index in [1.165, 1.54) is 12.1 Å². The fraction of sp³-hybridized carbons (Fsp3) is 0.111. The highest BCUT2D eigenvalue weighted by Gasteiger charge is 2.14. The van der Waals surface area contributed by atoms with Crippen molar-refractivity contribution in [2.45, 2.75) is 13.3 Å². The lowest BCUT2D eigenvalue weighted by atomic mass is 10.1. The Morgan fingerprint density at radius 2 is 2.00 bits per heavy atom. The molecule has 126 valence electrons. The van der Waals surface area contributed by atoms with Gasteiger partial charge in [0.25, 0.3) is 0 Å². The number of hydrogen-bond donors (Lipinski definition) is 3. The number of amides is 1. The van der Waals surface area contributed by atoms with Gasteiger partial charge in [0.2, 0.25) is 5.91 Å². The van der Waals surface area contributed by atoms with Crippen LogP contribution in [0.25, 0.3) is 22.0 Å². The standard InChI is InChI=1S/C18H14FN3O3/c1-9-12(13-6-10(19)2-4-14(13)20-9)8-17(23)21-11-3-5-16-15(7-11)22-18(24)25-16/h2-7,20H,8H2,1H3,(H,21,23)(H,22,24). The summed E-state index contributed by atoms with van der Waals surface area (Å²) in [5.74, 6) is -1.13. The van der Waals surface area contributed by atoms with Gasteiger partial charge < -0.3 is 14.7 Å². The molecule has 0 fully saturated rings. The van der Waals surface area contributed by atoms with Gasteiger partial charge in [0.05, 0.1) is 11.9 Å². The van der Waals surface area contributed by atoms with E-state index >= 15 is 0 Å². The third-order valence-corrected chi connectivity index (χ3v) is 4.12. The van der Waals surface area contributed by atoms with Crippen molar-refractivity contribution in [3.8, 4) is 0 Å². The first kappa shape index (κ1) is 15.2. The zero-order chi connectivity index (χ0) is 17.6. The summed E-state index contributed by atoms with van der Waals surface area (Å²) in [5, 5.41) is 3.47. The summed E-state index contributed by atoms with van der Waals surface area (Å²) in [6, 6.07) is 9.34. The van der Waals surface area contributed by atoms with Gasteiger partial charge in [-0.25, -0.2) is 9.18 Å². The summed E-state index contributed by atoms with van der Waals surface area (Å²) in [4.78, 5) is 29.3. The van der Waals surface area contributed by atoms with E-state index in [1.54, 1.807) is 24.3 Å². The van der Waals surface area contributed by atoms with Gasteiger partial charge in [-0.1, -0.05) is 0 Å². The quantitative estimate of drug-likeness (QED) is 0.535. The molecule has 0 unspecified atom stereocenters. The second kappa shape index (κ2) is 5.62. The number of oxazole rings is 1. The fourth-order valence-corrected chi connectivity index (χ4v) is 2.98. The molecule has 25 heavy (non-hydrogen) atoms. The number of carbonyl (C=O) groups excluding carboxylic acids is 1. The first-order chi connectivity index (χ1) is 12.0. The van der Waals surface area contributed by atoms with Gasteiger partial charge in [0, 0.05) is 22.3 Å². The predicted molar refractivity (Wildman–Crippen MR) is 92.2 cm³/mol. The average Bonchev–Trinajstić information content (AvgIpc) is 3.06. The maximum atomic E-state index is 13.5. The van der Waals surface area contributed by atoms with Crippen LogP contribution >= 0.6 is 0 Å². The second-order valence-electron chi connectivity index (χ2n) is 5.87. The van der Waals surface area contributed by atoms with Crippen molar-refractivity contribution >= 4 is 33.6 Å². The lowest BCUT2D eigenvalue weighted by Crippen LogP contribution is -2.14. The molecule has 3 N–H and O–H groups in total. The molecular formula is C18H14FN3O3. The number of nitrogens with one attached hydrogen (secondary N) is 3. The van der Waals surface area contributed by atoms with Crippen LogP contribution in [0, 0.1) is 12.7 Å². The average molecular weight is 339 g/mol. The van der Waals surface area contributed by atoms with Crippen molar-refractivity contribution in [1.29, 1.82) is 0 Å². The molecule has 0 radical (unpaired) electrons. The van der Waals surface area contributed by atoms with Gasteiger partial charge in [0.1, 0.15) is 5.82 Å². The molecule has 0 saturated heterocycles. The van der Waals surface area contributed by atoms with Crippen LogP contribution in [-0.2, 0) is 11.2 Å². The van der Waals surface area contributed by atoms with Gasteiger partial charge >= 0.3 is 5.76 Å². The highest BCUT2D eigenvalue weighted by atomic mass is 19.1. The van der Waals surface area contributed by atoms with Crippen LogP contribution in [-0.4, -0.2) is 15.9 Å². The number of rotatable bonds is 3. The number of halogens is 1. The van der Waals surface area contributed by atoms with Crippen LogP contribution in [0.3, 0.4) is 0 Å².